The van der Waals surface area contributed by atoms with Crippen molar-refractivity contribution in [3.05, 3.63) is 64.7 Å². The molecule has 4 heteroatoms. The van der Waals surface area contributed by atoms with Crippen LogP contribution in [0.1, 0.15) is 17.2 Å². The second-order valence-corrected chi connectivity index (χ2v) is 3.87. The van der Waals surface area contributed by atoms with Gasteiger partial charge in [0.1, 0.15) is 5.82 Å². The molecular formula is C12H10ClFN2. The monoisotopic (exact) mass is 236 g/mol. The highest BCUT2D eigenvalue weighted by Crippen LogP contribution is 2.23. The van der Waals surface area contributed by atoms with Gasteiger partial charge in [-0.2, -0.15) is 0 Å². The summed E-state index contributed by atoms with van der Waals surface area (Å²) in [5, 5.41) is 0.361. The topological polar surface area (TPSA) is 38.9 Å². The zero-order valence-electron chi connectivity index (χ0n) is 8.40. The molecule has 2 nitrogen and oxygen atoms in total. The molecule has 2 N–H and O–H groups in total. The Kier molecular flexibility index (Phi) is 3.17. The van der Waals surface area contributed by atoms with Gasteiger partial charge in [-0.05, 0) is 23.8 Å². The van der Waals surface area contributed by atoms with Crippen LogP contribution in [-0.4, -0.2) is 4.98 Å². The molecule has 1 atom stereocenters. The van der Waals surface area contributed by atoms with Gasteiger partial charge in [0.15, 0.2) is 0 Å². The fourth-order valence-electron chi connectivity index (χ4n) is 1.49. The summed E-state index contributed by atoms with van der Waals surface area (Å²) < 4.78 is 13.6. The first-order valence-corrected chi connectivity index (χ1v) is 5.17. The maximum Gasteiger partial charge on any atom is 0.129 e. The third kappa shape index (κ3) is 2.21. The average Bonchev–Trinajstić information content (AvgIpc) is 2.29. The molecule has 0 saturated carbocycles. The smallest absolute Gasteiger partial charge is 0.129 e. The highest BCUT2D eigenvalue weighted by molar-refractivity contribution is 6.30. The third-order valence-corrected chi connectivity index (χ3v) is 2.58. The zero-order valence-corrected chi connectivity index (χ0v) is 9.16. The molecule has 16 heavy (non-hydrogen) atoms. The SMILES string of the molecule is NC(c1cccnc1)c1ccc(Cl)cc1F. The Labute approximate surface area is 97.9 Å². The van der Waals surface area contributed by atoms with Crippen molar-refractivity contribution in [3.8, 4) is 0 Å². The fraction of sp³-hybridized carbons (Fsp3) is 0.0833. The van der Waals surface area contributed by atoms with Gasteiger partial charge < -0.3 is 5.73 Å². The van der Waals surface area contributed by atoms with Crippen LogP contribution in [0.3, 0.4) is 0 Å². The summed E-state index contributed by atoms with van der Waals surface area (Å²) in [6.45, 7) is 0. The van der Waals surface area contributed by atoms with Crippen LogP contribution in [0.25, 0.3) is 0 Å². The number of aromatic nitrogens is 1. The lowest BCUT2D eigenvalue weighted by Gasteiger charge is -2.12. The van der Waals surface area contributed by atoms with Crippen molar-refractivity contribution in [2.24, 2.45) is 5.73 Å². The number of hydrogen-bond donors (Lipinski definition) is 1. The molecule has 0 radical (unpaired) electrons. The molecule has 0 amide bonds. The first-order valence-electron chi connectivity index (χ1n) is 4.79. The molecule has 2 rings (SSSR count). The van der Waals surface area contributed by atoms with E-state index in [9.17, 15) is 4.39 Å². The zero-order chi connectivity index (χ0) is 11.5. The molecule has 0 aliphatic heterocycles. The quantitative estimate of drug-likeness (QED) is 0.871. The summed E-state index contributed by atoms with van der Waals surface area (Å²) in [6.07, 6.45) is 3.27. The van der Waals surface area contributed by atoms with E-state index >= 15 is 0 Å². The molecule has 82 valence electrons. The summed E-state index contributed by atoms with van der Waals surface area (Å²) in [5.74, 6) is -0.399. The summed E-state index contributed by atoms with van der Waals surface area (Å²) in [7, 11) is 0. The Morgan fingerprint density at radius 3 is 2.75 bits per heavy atom. The van der Waals surface area contributed by atoms with E-state index in [1.165, 1.54) is 6.07 Å². The molecule has 0 fully saturated rings. The maximum absolute atomic E-state index is 13.6. The number of rotatable bonds is 2. The number of pyridine rings is 1. The highest BCUT2D eigenvalue weighted by Gasteiger charge is 2.13. The Morgan fingerprint density at radius 2 is 2.12 bits per heavy atom. The first kappa shape index (κ1) is 11.0. The van der Waals surface area contributed by atoms with Gasteiger partial charge in [0, 0.05) is 23.0 Å². The minimum Gasteiger partial charge on any atom is -0.320 e. The molecule has 2 aromatic rings. The van der Waals surface area contributed by atoms with Crippen LogP contribution in [0.5, 0.6) is 0 Å². The molecule has 0 aliphatic rings. The number of nitrogens with two attached hydrogens (primary N) is 1. The van der Waals surface area contributed by atoms with Gasteiger partial charge in [0.05, 0.1) is 6.04 Å². The van der Waals surface area contributed by atoms with E-state index in [4.69, 9.17) is 17.3 Å². The number of benzene rings is 1. The molecule has 1 aromatic carbocycles. The Hall–Kier alpha value is -1.45. The number of nitrogens with zero attached hydrogens (tertiary/aromatic N) is 1. The minimum atomic E-state index is -0.522. The van der Waals surface area contributed by atoms with E-state index in [0.717, 1.165) is 5.56 Å². The Morgan fingerprint density at radius 1 is 1.31 bits per heavy atom. The molecule has 1 heterocycles. The third-order valence-electron chi connectivity index (χ3n) is 2.34. The molecule has 1 unspecified atom stereocenters. The molecule has 1 aromatic heterocycles. The van der Waals surface area contributed by atoms with Crippen molar-refractivity contribution in [1.82, 2.24) is 4.98 Å². The van der Waals surface area contributed by atoms with Gasteiger partial charge in [0.25, 0.3) is 0 Å². The second kappa shape index (κ2) is 4.60. The predicted molar refractivity (Wildman–Crippen MR) is 61.7 cm³/mol. The summed E-state index contributed by atoms with van der Waals surface area (Å²) in [5.41, 5.74) is 7.13. The molecular weight excluding hydrogens is 227 g/mol. The largest absolute Gasteiger partial charge is 0.320 e. The van der Waals surface area contributed by atoms with Crippen LogP contribution in [0.4, 0.5) is 4.39 Å². The standard InChI is InChI=1S/C12H10ClFN2/c13-9-3-4-10(11(14)6-9)12(15)8-2-1-5-16-7-8/h1-7,12H,15H2. The van der Waals surface area contributed by atoms with Gasteiger partial charge in [-0.15, -0.1) is 0 Å². The normalized spacial score (nSPS) is 12.4. The van der Waals surface area contributed by atoms with E-state index in [1.807, 2.05) is 6.07 Å². The van der Waals surface area contributed by atoms with E-state index in [-0.39, 0.29) is 0 Å². The van der Waals surface area contributed by atoms with Gasteiger partial charge in [-0.3, -0.25) is 4.98 Å². The van der Waals surface area contributed by atoms with Gasteiger partial charge in [-0.25, -0.2) is 4.39 Å². The van der Waals surface area contributed by atoms with Crippen LogP contribution >= 0.6 is 11.6 Å². The van der Waals surface area contributed by atoms with Crippen LogP contribution in [0.2, 0.25) is 5.02 Å². The molecule has 0 aliphatic carbocycles. The Bertz CT molecular complexity index is 488. The van der Waals surface area contributed by atoms with Crippen molar-refractivity contribution in [1.29, 1.82) is 0 Å². The second-order valence-electron chi connectivity index (χ2n) is 3.43. The van der Waals surface area contributed by atoms with Crippen LogP contribution in [0.15, 0.2) is 42.7 Å². The maximum atomic E-state index is 13.6. The lowest BCUT2D eigenvalue weighted by Crippen LogP contribution is -2.13. The van der Waals surface area contributed by atoms with Crippen LogP contribution in [0, 0.1) is 5.82 Å². The van der Waals surface area contributed by atoms with Crippen molar-refractivity contribution in [2.45, 2.75) is 6.04 Å². The number of halogens is 2. The predicted octanol–water partition coefficient (Wildman–Crippen LogP) is 2.92. The lowest BCUT2D eigenvalue weighted by atomic mass is 10.0. The minimum absolute atomic E-state index is 0.361. The average molecular weight is 237 g/mol. The molecule has 0 saturated heterocycles. The van der Waals surface area contributed by atoms with Crippen molar-refractivity contribution in [2.75, 3.05) is 0 Å². The van der Waals surface area contributed by atoms with E-state index < -0.39 is 11.9 Å². The molecule has 0 bridgehead atoms. The highest BCUT2D eigenvalue weighted by atomic mass is 35.5. The van der Waals surface area contributed by atoms with Crippen molar-refractivity contribution in [3.63, 3.8) is 0 Å². The van der Waals surface area contributed by atoms with E-state index in [0.29, 0.717) is 10.6 Å². The lowest BCUT2D eigenvalue weighted by molar-refractivity contribution is 0.599. The van der Waals surface area contributed by atoms with Gasteiger partial charge in [0.2, 0.25) is 0 Å². The summed E-state index contributed by atoms with van der Waals surface area (Å²) in [4.78, 5) is 3.95. The number of hydrogen-bond acceptors (Lipinski definition) is 2. The molecule has 0 spiro atoms. The van der Waals surface area contributed by atoms with Gasteiger partial charge in [-0.1, -0.05) is 23.7 Å². The Balaban J connectivity index is 2.38. The fourth-order valence-corrected chi connectivity index (χ4v) is 1.65. The summed E-state index contributed by atoms with van der Waals surface area (Å²) >= 11 is 5.67. The van der Waals surface area contributed by atoms with Crippen LogP contribution in [-0.2, 0) is 0 Å². The van der Waals surface area contributed by atoms with Gasteiger partial charge >= 0.3 is 0 Å². The van der Waals surface area contributed by atoms with Crippen molar-refractivity contribution >= 4 is 11.6 Å². The van der Waals surface area contributed by atoms with E-state index in [2.05, 4.69) is 4.98 Å². The van der Waals surface area contributed by atoms with E-state index in [1.54, 1.807) is 30.6 Å². The summed E-state index contributed by atoms with van der Waals surface area (Å²) in [6, 6.07) is 7.53. The first-order chi connectivity index (χ1) is 7.68. The van der Waals surface area contributed by atoms with Crippen LogP contribution < -0.4 is 5.73 Å². The van der Waals surface area contributed by atoms with Crippen molar-refractivity contribution < 1.29 is 4.39 Å².